The largest absolute Gasteiger partial charge is 0.339 e. The summed E-state index contributed by atoms with van der Waals surface area (Å²) in [5.74, 6) is 0.464. The number of likely N-dealkylation sites (tertiary alicyclic amines) is 1. The highest BCUT2D eigenvalue weighted by atomic mass is 16.2. The maximum absolute atomic E-state index is 12.6. The lowest BCUT2D eigenvalue weighted by Gasteiger charge is -2.32. The highest BCUT2D eigenvalue weighted by Crippen LogP contribution is 2.34. The summed E-state index contributed by atoms with van der Waals surface area (Å²) in [4.78, 5) is 18.6. The number of piperidine rings is 1. The van der Waals surface area contributed by atoms with Crippen molar-refractivity contribution >= 4 is 5.91 Å². The van der Waals surface area contributed by atoms with Gasteiger partial charge >= 0.3 is 0 Å². The molecule has 0 radical (unpaired) electrons. The van der Waals surface area contributed by atoms with Gasteiger partial charge in [0.15, 0.2) is 0 Å². The van der Waals surface area contributed by atoms with Crippen LogP contribution in [0.25, 0.3) is 11.1 Å². The molecule has 1 aliphatic rings. The fourth-order valence-electron chi connectivity index (χ4n) is 3.69. The molecule has 0 spiro atoms. The van der Waals surface area contributed by atoms with E-state index in [-0.39, 0.29) is 5.91 Å². The van der Waals surface area contributed by atoms with Crippen LogP contribution in [0.1, 0.15) is 40.4 Å². The number of H-pyrrole nitrogens is 1. The van der Waals surface area contributed by atoms with Gasteiger partial charge in [0.2, 0.25) is 0 Å². The number of aryl methyl sites for hydroxylation is 1. The van der Waals surface area contributed by atoms with Crippen LogP contribution >= 0.6 is 0 Å². The van der Waals surface area contributed by atoms with Gasteiger partial charge in [0, 0.05) is 42.7 Å². The van der Waals surface area contributed by atoms with Crippen LogP contribution in [-0.2, 0) is 0 Å². The summed E-state index contributed by atoms with van der Waals surface area (Å²) in [5, 5.41) is 7.50. The van der Waals surface area contributed by atoms with Crippen molar-refractivity contribution in [2.24, 2.45) is 0 Å². The third-order valence-corrected chi connectivity index (χ3v) is 5.10. The van der Waals surface area contributed by atoms with Crippen LogP contribution in [0.15, 0.2) is 55.0 Å². The molecule has 132 valence electrons. The Labute approximate surface area is 153 Å². The third-order valence-electron chi connectivity index (χ3n) is 5.10. The maximum atomic E-state index is 12.6. The smallest absolute Gasteiger partial charge is 0.255 e. The second-order valence-electron chi connectivity index (χ2n) is 6.88. The van der Waals surface area contributed by atoms with Crippen molar-refractivity contribution in [3.63, 3.8) is 0 Å². The van der Waals surface area contributed by atoms with Crippen LogP contribution < -0.4 is 0 Å². The number of benzene rings is 1. The highest BCUT2D eigenvalue weighted by Gasteiger charge is 2.27. The van der Waals surface area contributed by atoms with Crippen molar-refractivity contribution < 1.29 is 4.79 Å². The Bertz CT molecular complexity index is 895. The molecule has 3 aromatic rings. The monoisotopic (exact) mass is 346 g/mol. The van der Waals surface area contributed by atoms with E-state index in [1.807, 2.05) is 17.2 Å². The van der Waals surface area contributed by atoms with E-state index in [0.717, 1.165) is 25.9 Å². The molecule has 0 unspecified atom stereocenters. The molecule has 1 aromatic carbocycles. The number of pyridine rings is 1. The summed E-state index contributed by atoms with van der Waals surface area (Å²) in [6.07, 6.45) is 7.12. The van der Waals surface area contributed by atoms with Gasteiger partial charge in [-0.05, 0) is 37.5 Å². The number of nitrogens with one attached hydrogen (secondary N) is 1. The minimum atomic E-state index is 0.0695. The van der Waals surface area contributed by atoms with Crippen molar-refractivity contribution in [3.05, 3.63) is 71.8 Å². The van der Waals surface area contributed by atoms with Gasteiger partial charge in [-0.2, -0.15) is 5.10 Å². The van der Waals surface area contributed by atoms with Crippen molar-refractivity contribution in [2.75, 3.05) is 13.1 Å². The van der Waals surface area contributed by atoms with Gasteiger partial charge in [0.1, 0.15) is 0 Å². The zero-order chi connectivity index (χ0) is 17.9. The van der Waals surface area contributed by atoms with Gasteiger partial charge in [0.05, 0.1) is 11.8 Å². The van der Waals surface area contributed by atoms with Crippen LogP contribution in [0.4, 0.5) is 0 Å². The first-order valence-corrected chi connectivity index (χ1v) is 9.02. The molecular formula is C21H22N4O. The first-order chi connectivity index (χ1) is 12.7. The van der Waals surface area contributed by atoms with Crippen LogP contribution in [-0.4, -0.2) is 39.1 Å². The fraction of sp³-hybridized carbons (Fsp3) is 0.286. The van der Waals surface area contributed by atoms with Crippen LogP contribution in [0.2, 0.25) is 0 Å². The number of hydrogen-bond donors (Lipinski definition) is 1. The van der Waals surface area contributed by atoms with E-state index in [0.29, 0.717) is 11.5 Å². The van der Waals surface area contributed by atoms with Crippen molar-refractivity contribution in [1.82, 2.24) is 20.1 Å². The molecule has 5 heteroatoms. The molecule has 5 nitrogen and oxygen atoms in total. The SMILES string of the molecule is Cc1cccc(-c2cn[nH]c2C2CCN(C(=O)c3cccnc3)CC2)c1. The summed E-state index contributed by atoms with van der Waals surface area (Å²) in [6.45, 7) is 3.61. The van der Waals surface area contributed by atoms with Gasteiger partial charge < -0.3 is 4.90 Å². The van der Waals surface area contributed by atoms with E-state index in [4.69, 9.17) is 0 Å². The molecule has 4 rings (SSSR count). The lowest BCUT2D eigenvalue weighted by atomic mass is 9.89. The van der Waals surface area contributed by atoms with E-state index in [2.05, 4.69) is 46.4 Å². The quantitative estimate of drug-likeness (QED) is 0.785. The summed E-state index contributed by atoms with van der Waals surface area (Å²) in [6, 6.07) is 12.1. The molecule has 1 amide bonds. The lowest BCUT2D eigenvalue weighted by Crippen LogP contribution is -2.38. The zero-order valence-electron chi connectivity index (χ0n) is 14.9. The second-order valence-corrected chi connectivity index (χ2v) is 6.88. The number of amides is 1. The van der Waals surface area contributed by atoms with Gasteiger partial charge in [-0.1, -0.05) is 29.8 Å². The zero-order valence-corrected chi connectivity index (χ0v) is 14.9. The summed E-state index contributed by atoms with van der Waals surface area (Å²) >= 11 is 0. The van der Waals surface area contributed by atoms with Crippen LogP contribution in [0.5, 0.6) is 0 Å². The Balaban J connectivity index is 1.48. The molecule has 3 heterocycles. The molecule has 1 saturated heterocycles. The van der Waals surface area contributed by atoms with Crippen molar-refractivity contribution in [2.45, 2.75) is 25.7 Å². The first kappa shape index (κ1) is 16.5. The topological polar surface area (TPSA) is 61.9 Å². The number of carbonyl (C=O) groups is 1. The Morgan fingerprint density at radius 1 is 1.15 bits per heavy atom. The number of aromatic amines is 1. The number of carbonyl (C=O) groups excluding carboxylic acids is 1. The number of nitrogens with zero attached hydrogens (tertiary/aromatic N) is 3. The van der Waals surface area contributed by atoms with Crippen LogP contribution in [0.3, 0.4) is 0 Å². The average Bonchev–Trinajstić information content (AvgIpc) is 3.18. The number of rotatable bonds is 3. The average molecular weight is 346 g/mol. The summed E-state index contributed by atoms with van der Waals surface area (Å²) in [5.41, 5.74) is 5.46. The molecule has 1 aliphatic heterocycles. The molecule has 0 aliphatic carbocycles. The standard InChI is InChI=1S/C21H22N4O/c1-15-4-2-5-17(12-15)19-14-23-24-20(19)16-7-10-25(11-8-16)21(26)18-6-3-9-22-13-18/h2-6,9,12-14,16H,7-8,10-11H2,1H3,(H,23,24). The second kappa shape index (κ2) is 7.12. The van der Waals surface area contributed by atoms with Gasteiger partial charge in [0.25, 0.3) is 5.91 Å². The minimum Gasteiger partial charge on any atom is -0.339 e. The Morgan fingerprint density at radius 2 is 2.00 bits per heavy atom. The molecule has 0 atom stereocenters. The minimum absolute atomic E-state index is 0.0695. The molecule has 0 saturated carbocycles. The lowest BCUT2D eigenvalue weighted by molar-refractivity contribution is 0.0712. The number of aromatic nitrogens is 3. The Morgan fingerprint density at radius 3 is 2.73 bits per heavy atom. The fourth-order valence-corrected chi connectivity index (χ4v) is 3.69. The Hall–Kier alpha value is -2.95. The van der Waals surface area contributed by atoms with E-state index >= 15 is 0 Å². The normalized spacial score (nSPS) is 15.2. The molecule has 2 aromatic heterocycles. The van der Waals surface area contributed by atoms with Gasteiger partial charge in [-0.25, -0.2) is 0 Å². The van der Waals surface area contributed by atoms with Gasteiger partial charge in [-0.3, -0.25) is 14.9 Å². The Kier molecular flexibility index (Phi) is 4.52. The molecule has 26 heavy (non-hydrogen) atoms. The van der Waals surface area contributed by atoms with E-state index in [1.54, 1.807) is 18.5 Å². The molecule has 0 bridgehead atoms. The number of hydrogen-bond acceptors (Lipinski definition) is 3. The van der Waals surface area contributed by atoms with Crippen molar-refractivity contribution in [1.29, 1.82) is 0 Å². The van der Waals surface area contributed by atoms with Gasteiger partial charge in [-0.15, -0.1) is 0 Å². The predicted molar refractivity (Wildman–Crippen MR) is 101 cm³/mol. The van der Waals surface area contributed by atoms with E-state index < -0.39 is 0 Å². The summed E-state index contributed by atoms with van der Waals surface area (Å²) in [7, 11) is 0. The summed E-state index contributed by atoms with van der Waals surface area (Å²) < 4.78 is 0. The molecule has 1 fully saturated rings. The molecular weight excluding hydrogens is 324 g/mol. The molecule has 1 N–H and O–H groups in total. The first-order valence-electron chi connectivity index (χ1n) is 9.02. The third kappa shape index (κ3) is 3.25. The highest BCUT2D eigenvalue weighted by molar-refractivity contribution is 5.93. The maximum Gasteiger partial charge on any atom is 0.255 e. The predicted octanol–water partition coefficient (Wildman–Crippen LogP) is 3.80. The van der Waals surface area contributed by atoms with Crippen molar-refractivity contribution in [3.8, 4) is 11.1 Å². The van der Waals surface area contributed by atoms with Crippen LogP contribution in [0, 0.1) is 6.92 Å². The van der Waals surface area contributed by atoms with E-state index in [1.165, 1.54) is 22.4 Å². The van der Waals surface area contributed by atoms with E-state index in [9.17, 15) is 4.79 Å².